The normalized spacial score (nSPS) is 24.2. The quantitative estimate of drug-likeness (QED) is 0.819. The van der Waals surface area contributed by atoms with Crippen LogP contribution in [-0.2, 0) is 4.79 Å². The lowest BCUT2D eigenvalue weighted by atomic mass is 10.0. The second-order valence-corrected chi connectivity index (χ2v) is 7.55. The minimum Gasteiger partial charge on any atom is -0.386 e. The van der Waals surface area contributed by atoms with Crippen molar-refractivity contribution in [3.05, 3.63) is 18.5 Å². The summed E-state index contributed by atoms with van der Waals surface area (Å²) < 4.78 is 0. The molecule has 7 nitrogen and oxygen atoms in total. The van der Waals surface area contributed by atoms with Crippen LogP contribution >= 0.6 is 0 Å². The predicted octanol–water partition coefficient (Wildman–Crippen LogP) is 0.751. The molecule has 1 N–H and O–H groups in total. The zero-order chi connectivity index (χ0) is 17.9. The minimum atomic E-state index is -0.907. The van der Waals surface area contributed by atoms with E-state index in [9.17, 15) is 9.90 Å². The summed E-state index contributed by atoms with van der Waals surface area (Å²) in [6, 6.07) is 2.30. The highest BCUT2D eigenvalue weighted by Gasteiger charge is 2.39. The molecule has 1 amide bonds. The van der Waals surface area contributed by atoms with Crippen LogP contribution < -0.4 is 4.90 Å². The van der Waals surface area contributed by atoms with Gasteiger partial charge in [-0.25, -0.2) is 9.97 Å². The Kier molecular flexibility index (Phi) is 5.54. The van der Waals surface area contributed by atoms with Crippen LogP contribution in [0, 0.1) is 0 Å². The molecule has 2 heterocycles. The fourth-order valence-electron chi connectivity index (χ4n) is 3.95. The van der Waals surface area contributed by atoms with E-state index in [1.54, 1.807) is 30.4 Å². The number of amides is 1. The fourth-order valence-corrected chi connectivity index (χ4v) is 3.95. The van der Waals surface area contributed by atoms with E-state index in [1.165, 1.54) is 25.7 Å². The lowest BCUT2D eigenvalue weighted by Gasteiger charge is -2.31. The van der Waals surface area contributed by atoms with Gasteiger partial charge >= 0.3 is 0 Å². The lowest BCUT2D eigenvalue weighted by molar-refractivity contribution is -0.134. The zero-order valence-electron chi connectivity index (χ0n) is 15.3. The van der Waals surface area contributed by atoms with Gasteiger partial charge < -0.3 is 14.9 Å². The van der Waals surface area contributed by atoms with Crippen LogP contribution in [0.15, 0.2) is 18.5 Å². The number of anilines is 1. The maximum atomic E-state index is 12.5. The molecule has 7 heteroatoms. The Morgan fingerprint density at radius 1 is 1.32 bits per heavy atom. The van der Waals surface area contributed by atoms with Gasteiger partial charge in [0, 0.05) is 32.0 Å². The molecule has 0 radical (unpaired) electrons. The molecule has 1 aliphatic heterocycles. The molecular formula is C18H29N5O2. The first kappa shape index (κ1) is 18.1. The Labute approximate surface area is 149 Å². The van der Waals surface area contributed by atoms with Crippen LogP contribution in [0.5, 0.6) is 0 Å². The predicted molar refractivity (Wildman–Crippen MR) is 96.3 cm³/mol. The third-order valence-corrected chi connectivity index (χ3v) is 5.46. The van der Waals surface area contributed by atoms with Gasteiger partial charge in [0.2, 0.25) is 11.9 Å². The largest absolute Gasteiger partial charge is 0.386 e. The molecule has 0 aromatic carbocycles. The van der Waals surface area contributed by atoms with Gasteiger partial charge in [0.25, 0.3) is 0 Å². The summed E-state index contributed by atoms with van der Waals surface area (Å²) in [4.78, 5) is 26.8. The molecular weight excluding hydrogens is 318 g/mol. The number of aromatic nitrogens is 2. The van der Waals surface area contributed by atoms with Gasteiger partial charge in [0.05, 0.1) is 19.6 Å². The van der Waals surface area contributed by atoms with Gasteiger partial charge in [-0.3, -0.25) is 9.69 Å². The van der Waals surface area contributed by atoms with Crippen molar-refractivity contribution in [3.63, 3.8) is 0 Å². The van der Waals surface area contributed by atoms with Crippen molar-refractivity contribution in [2.45, 2.75) is 43.7 Å². The van der Waals surface area contributed by atoms with Gasteiger partial charge in [-0.2, -0.15) is 0 Å². The lowest BCUT2D eigenvalue weighted by Crippen LogP contribution is -2.48. The van der Waals surface area contributed by atoms with Gasteiger partial charge in [-0.15, -0.1) is 0 Å². The van der Waals surface area contributed by atoms with E-state index in [0.717, 1.165) is 0 Å². The molecule has 1 aromatic heterocycles. The van der Waals surface area contributed by atoms with E-state index in [2.05, 4.69) is 14.9 Å². The van der Waals surface area contributed by atoms with Crippen molar-refractivity contribution >= 4 is 11.9 Å². The van der Waals surface area contributed by atoms with E-state index in [-0.39, 0.29) is 5.91 Å². The van der Waals surface area contributed by atoms with Gasteiger partial charge in [0.15, 0.2) is 0 Å². The second kappa shape index (κ2) is 7.66. The maximum Gasteiger partial charge on any atom is 0.236 e. The highest BCUT2D eigenvalue weighted by molar-refractivity contribution is 5.78. The fraction of sp³-hybridized carbons (Fsp3) is 0.722. The van der Waals surface area contributed by atoms with Crippen LogP contribution in [0.2, 0.25) is 0 Å². The second-order valence-electron chi connectivity index (χ2n) is 7.55. The number of hydrogen-bond acceptors (Lipinski definition) is 6. The third-order valence-electron chi connectivity index (χ3n) is 5.46. The van der Waals surface area contributed by atoms with Crippen LogP contribution in [0.25, 0.3) is 0 Å². The standard InChI is InChI=1S/C18H29N5O2/c1-21(15-6-3-4-7-15)12-16(24)22(2)13-18(25)8-11-23(14-18)17-19-9-5-10-20-17/h5,9-10,15,25H,3-4,6-8,11-14H2,1-2H3/t18-/m0/s1. The Bertz CT molecular complexity index is 578. The average Bonchev–Trinajstić information content (AvgIpc) is 3.25. The van der Waals surface area contributed by atoms with Crippen molar-refractivity contribution in [2.24, 2.45) is 0 Å². The molecule has 1 saturated heterocycles. The number of carbonyl (C=O) groups excluding carboxylic acids is 1. The number of carbonyl (C=O) groups is 1. The Morgan fingerprint density at radius 2 is 2.00 bits per heavy atom. The molecule has 1 saturated carbocycles. The van der Waals surface area contributed by atoms with Crippen molar-refractivity contribution in [3.8, 4) is 0 Å². The van der Waals surface area contributed by atoms with Crippen molar-refractivity contribution in [1.82, 2.24) is 19.8 Å². The van der Waals surface area contributed by atoms with E-state index < -0.39 is 5.60 Å². The highest BCUT2D eigenvalue weighted by atomic mass is 16.3. The molecule has 1 aromatic rings. The van der Waals surface area contributed by atoms with Gasteiger partial charge in [0.1, 0.15) is 5.60 Å². The zero-order valence-corrected chi connectivity index (χ0v) is 15.3. The summed E-state index contributed by atoms with van der Waals surface area (Å²) in [5, 5.41) is 10.9. The number of β-amino-alcohol motifs (C(OH)–C–C–N with tert-alkyl or cyclic N) is 1. The van der Waals surface area contributed by atoms with E-state index >= 15 is 0 Å². The number of likely N-dealkylation sites (N-methyl/N-ethyl adjacent to an activating group) is 2. The first-order valence-electron chi connectivity index (χ1n) is 9.15. The summed E-state index contributed by atoms with van der Waals surface area (Å²) in [6.07, 6.45) is 8.91. The monoisotopic (exact) mass is 347 g/mol. The summed E-state index contributed by atoms with van der Waals surface area (Å²) in [6.45, 7) is 1.91. The van der Waals surface area contributed by atoms with Crippen LogP contribution in [0.3, 0.4) is 0 Å². The third kappa shape index (κ3) is 4.46. The van der Waals surface area contributed by atoms with Crippen LogP contribution in [0.1, 0.15) is 32.1 Å². The molecule has 0 spiro atoms. The summed E-state index contributed by atoms with van der Waals surface area (Å²) in [5.41, 5.74) is -0.907. The molecule has 0 bridgehead atoms. The Balaban J connectivity index is 1.51. The highest BCUT2D eigenvalue weighted by Crippen LogP contribution is 2.25. The first-order valence-corrected chi connectivity index (χ1v) is 9.15. The van der Waals surface area contributed by atoms with Crippen LogP contribution in [-0.4, -0.2) is 82.7 Å². The molecule has 138 valence electrons. The first-order chi connectivity index (χ1) is 12.0. The average molecular weight is 347 g/mol. The van der Waals surface area contributed by atoms with Gasteiger partial charge in [-0.05, 0) is 32.4 Å². The van der Waals surface area contributed by atoms with Crippen molar-refractivity contribution < 1.29 is 9.90 Å². The van der Waals surface area contributed by atoms with E-state index in [1.807, 2.05) is 11.9 Å². The number of nitrogens with zero attached hydrogens (tertiary/aromatic N) is 5. The number of aliphatic hydroxyl groups is 1. The number of hydrogen-bond donors (Lipinski definition) is 1. The SMILES string of the molecule is CN(C[C@@]1(O)CCN(c2ncccn2)C1)C(=O)CN(C)C1CCCC1. The van der Waals surface area contributed by atoms with Crippen molar-refractivity contribution in [1.29, 1.82) is 0 Å². The smallest absolute Gasteiger partial charge is 0.236 e. The molecule has 2 aliphatic rings. The number of rotatable bonds is 6. The van der Waals surface area contributed by atoms with Crippen LogP contribution in [0.4, 0.5) is 5.95 Å². The minimum absolute atomic E-state index is 0.0669. The molecule has 1 atom stereocenters. The topological polar surface area (TPSA) is 72.8 Å². The maximum absolute atomic E-state index is 12.5. The summed E-state index contributed by atoms with van der Waals surface area (Å²) in [5.74, 6) is 0.700. The molecule has 25 heavy (non-hydrogen) atoms. The molecule has 3 rings (SSSR count). The molecule has 2 fully saturated rings. The van der Waals surface area contributed by atoms with Crippen molar-refractivity contribution in [2.75, 3.05) is 45.2 Å². The van der Waals surface area contributed by atoms with E-state index in [0.29, 0.717) is 44.6 Å². The Morgan fingerprint density at radius 3 is 2.68 bits per heavy atom. The summed E-state index contributed by atoms with van der Waals surface area (Å²) in [7, 11) is 3.81. The summed E-state index contributed by atoms with van der Waals surface area (Å²) >= 11 is 0. The molecule has 0 unspecified atom stereocenters. The molecule has 1 aliphatic carbocycles. The van der Waals surface area contributed by atoms with Gasteiger partial charge in [-0.1, -0.05) is 12.8 Å². The Hall–Kier alpha value is -1.73. The van der Waals surface area contributed by atoms with E-state index in [4.69, 9.17) is 0 Å².